The highest BCUT2D eigenvalue weighted by Gasteiger charge is 2.15. The number of esters is 1. The third-order valence-electron chi connectivity index (χ3n) is 1.00. The van der Waals surface area contributed by atoms with E-state index in [0.29, 0.717) is 6.61 Å². The summed E-state index contributed by atoms with van der Waals surface area (Å²) in [5, 5.41) is 0. The molecule has 0 aliphatic carbocycles. The van der Waals surface area contributed by atoms with Crippen molar-refractivity contribution in [2.24, 2.45) is 0 Å². The van der Waals surface area contributed by atoms with Crippen molar-refractivity contribution in [3.8, 4) is 0 Å². The summed E-state index contributed by atoms with van der Waals surface area (Å²) in [7, 11) is 0. The molecule has 0 saturated heterocycles. The highest BCUT2D eigenvalue weighted by molar-refractivity contribution is 5.84. The minimum atomic E-state index is -0.509. The van der Waals surface area contributed by atoms with Crippen molar-refractivity contribution >= 4 is 5.97 Å². The van der Waals surface area contributed by atoms with E-state index in [1.54, 1.807) is 12.2 Å². The van der Waals surface area contributed by atoms with Crippen LogP contribution in [-0.2, 0) is 14.3 Å². The van der Waals surface area contributed by atoms with Crippen LogP contribution < -0.4 is 0 Å². The van der Waals surface area contributed by atoms with Crippen LogP contribution in [0.5, 0.6) is 0 Å². The van der Waals surface area contributed by atoms with Gasteiger partial charge in [0.25, 0.3) is 0 Å². The Morgan fingerprint density at radius 2 is 2.70 bits per heavy atom. The summed E-state index contributed by atoms with van der Waals surface area (Å²) in [5.74, 6) is -0.353. The van der Waals surface area contributed by atoms with E-state index < -0.39 is 6.29 Å². The topological polar surface area (TPSA) is 35.5 Å². The second kappa shape index (κ2) is 3.17. The average Bonchev–Trinajstić information content (AvgIpc) is 2.31. The van der Waals surface area contributed by atoms with Crippen LogP contribution in [0.25, 0.3) is 0 Å². The van der Waals surface area contributed by atoms with E-state index in [0.717, 1.165) is 0 Å². The molecular formula is C7H8O3. The largest absolute Gasteiger partial charge is 0.429 e. The molecule has 1 aliphatic rings. The smallest absolute Gasteiger partial charge is 0.333 e. The van der Waals surface area contributed by atoms with E-state index in [2.05, 4.69) is 11.3 Å². The van der Waals surface area contributed by atoms with Crippen molar-refractivity contribution in [2.75, 3.05) is 6.61 Å². The molecule has 0 fully saturated rings. The first-order chi connectivity index (χ1) is 4.83. The molecule has 0 bridgehead atoms. The molecule has 0 saturated carbocycles. The molecule has 10 heavy (non-hydrogen) atoms. The number of carbonyl (C=O) groups is 1. The average molecular weight is 140 g/mol. The van der Waals surface area contributed by atoms with Gasteiger partial charge in [0, 0.05) is 6.08 Å². The van der Waals surface area contributed by atoms with Gasteiger partial charge in [-0.2, -0.15) is 0 Å². The fraction of sp³-hybridized carbons (Fsp3) is 0.286. The van der Waals surface area contributed by atoms with E-state index >= 15 is 0 Å². The maximum Gasteiger partial charge on any atom is 0.333 e. The Kier molecular flexibility index (Phi) is 2.23. The van der Waals surface area contributed by atoms with Crippen LogP contribution in [-0.4, -0.2) is 18.9 Å². The lowest BCUT2D eigenvalue weighted by Crippen LogP contribution is -2.11. The molecular weight excluding hydrogens is 132 g/mol. The number of hydrogen-bond donors (Lipinski definition) is 0. The van der Waals surface area contributed by atoms with Gasteiger partial charge in [-0.15, -0.1) is 6.58 Å². The number of hydrogen-bond acceptors (Lipinski definition) is 3. The van der Waals surface area contributed by atoms with Crippen LogP contribution in [0.4, 0.5) is 0 Å². The van der Waals surface area contributed by atoms with Gasteiger partial charge in [0.1, 0.15) is 0 Å². The fourth-order valence-electron chi connectivity index (χ4n) is 0.603. The van der Waals surface area contributed by atoms with Crippen molar-refractivity contribution in [3.05, 3.63) is 24.8 Å². The molecule has 0 N–H and O–H groups in total. The van der Waals surface area contributed by atoms with Crippen LogP contribution in [0.2, 0.25) is 0 Å². The molecule has 3 nitrogen and oxygen atoms in total. The molecule has 1 aliphatic heterocycles. The quantitative estimate of drug-likeness (QED) is 0.426. The molecule has 0 aromatic heterocycles. The highest BCUT2D eigenvalue weighted by atomic mass is 16.7. The van der Waals surface area contributed by atoms with Crippen LogP contribution in [0.1, 0.15) is 0 Å². The van der Waals surface area contributed by atoms with Crippen LogP contribution in [0, 0.1) is 0 Å². The Hall–Kier alpha value is -1.09. The van der Waals surface area contributed by atoms with Crippen molar-refractivity contribution < 1.29 is 14.3 Å². The zero-order chi connectivity index (χ0) is 7.40. The molecule has 1 rings (SSSR count). The molecule has 1 atom stereocenters. The molecule has 3 heteroatoms. The first kappa shape index (κ1) is 7.02. The second-order valence-electron chi connectivity index (χ2n) is 1.79. The predicted octanol–water partition coefficient (Wildman–Crippen LogP) is 0.628. The Morgan fingerprint density at radius 1 is 1.90 bits per heavy atom. The van der Waals surface area contributed by atoms with Gasteiger partial charge in [-0.3, -0.25) is 0 Å². The first-order valence-electron chi connectivity index (χ1n) is 2.94. The van der Waals surface area contributed by atoms with E-state index in [1.807, 2.05) is 0 Å². The van der Waals surface area contributed by atoms with Crippen LogP contribution >= 0.6 is 0 Å². The molecule has 0 spiro atoms. The summed E-state index contributed by atoms with van der Waals surface area (Å²) in [6, 6.07) is 0. The lowest BCUT2D eigenvalue weighted by molar-refractivity contribution is -0.156. The lowest BCUT2D eigenvalue weighted by Gasteiger charge is -2.06. The van der Waals surface area contributed by atoms with E-state index in [1.165, 1.54) is 6.08 Å². The van der Waals surface area contributed by atoms with Gasteiger partial charge in [0.15, 0.2) is 0 Å². The van der Waals surface area contributed by atoms with Gasteiger partial charge in [-0.25, -0.2) is 4.79 Å². The van der Waals surface area contributed by atoms with Gasteiger partial charge in [0.2, 0.25) is 6.29 Å². The highest BCUT2D eigenvalue weighted by Crippen LogP contribution is 2.05. The molecule has 0 aromatic carbocycles. The van der Waals surface area contributed by atoms with Gasteiger partial charge < -0.3 is 9.47 Å². The SMILES string of the molecule is C=CCOC1C=CC(=O)O1. The second-order valence-corrected chi connectivity index (χ2v) is 1.79. The van der Waals surface area contributed by atoms with Crippen molar-refractivity contribution in [1.82, 2.24) is 0 Å². The maximum absolute atomic E-state index is 10.4. The summed E-state index contributed by atoms with van der Waals surface area (Å²) < 4.78 is 9.62. The Morgan fingerprint density at radius 3 is 3.20 bits per heavy atom. The zero-order valence-corrected chi connectivity index (χ0v) is 5.45. The summed E-state index contributed by atoms with van der Waals surface area (Å²) in [6.07, 6.45) is 3.99. The van der Waals surface area contributed by atoms with E-state index in [9.17, 15) is 4.79 Å². The van der Waals surface area contributed by atoms with E-state index in [4.69, 9.17) is 4.74 Å². The Labute approximate surface area is 58.9 Å². The van der Waals surface area contributed by atoms with Crippen LogP contribution in [0.15, 0.2) is 24.8 Å². The zero-order valence-electron chi connectivity index (χ0n) is 5.45. The fourth-order valence-corrected chi connectivity index (χ4v) is 0.603. The van der Waals surface area contributed by atoms with Crippen molar-refractivity contribution in [1.29, 1.82) is 0 Å². The van der Waals surface area contributed by atoms with Crippen molar-refractivity contribution in [3.63, 3.8) is 0 Å². The Balaban J connectivity index is 2.26. The number of ether oxygens (including phenoxy) is 2. The lowest BCUT2D eigenvalue weighted by atomic mass is 10.5. The Bertz CT molecular complexity index is 172. The monoisotopic (exact) mass is 140 g/mol. The summed E-state index contributed by atoms with van der Waals surface area (Å²) >= 11 is 0. The summed E-state index contributed by atoms with van der Waals surface area (Å²) in [5.41, 5.74) is 0. The van der Waals surface area contributed by atoms with E-state index in [-0.39, 0.29) is 5.97 Å². The predicted molar refractivity (Wildman–Crippen MR) is 35.2 cm³/mol. The number of cyclic esters (lactones) is 1. The number of carbonyl (C=O) groups excluding carboxylic acids is 1. The van der Waals surface area contributed by atoms with Gasteiger partial charge in [-0.05, 0) is 6.08 Å². The normalized spacial score (nSPS) is 22.8. The first-order valence-corrected chi connectivity index (χ1v) is 2.94. The molecule has 1 unspecified atom stereocenters. The molecule has 0 amide bonds. The third-order valence-corrected chi connectivity index (χ3v) is 1.00. The standard InChI is InChI=1S/C7H8O3/c1-2-5-9-7-4-3-6(8)10-7/h2-4,7H,1,5H2. The molecule has 1 heterocycles. The number of rotatable bonds is 3. The summed E-state index contributed by atoms with van der Waals surface area (Å²) in [4.78, 5) is 10.4. The molecule has 54 valence electrons. The molecule has 0 radical (unpaired) electrons. The third kappa shape index (κ3) is 1.70. The maximum atomic E-state index is 10.4. The summed E-state index contributed by atoms with van der Waals surface area (Å²) in [6.45, 7) is 3.84. The van der Waals surface area contributed by atoms with Gasteiger partial charge >= 0.3 is 5.97 Å². The van der Waals surface area contributed by atoms with Crippen molar-refractivity contribution in [2.45, 2.75) is 6.29 Å². The minimum absolute atomic E-state index is 0.353. The molecule has 0 aromatic rings. The van der Waals surface area contributed by atoms with Gasteiger partial charge in [0.05, 0.1) is 6.61 Å². The van der Waals surface area contributed by atoms with Gasteiger partial charge in [-0.1, -0.05) is 6.08 Å². The minimum Gasteiger partial charge on any atom is -0.429 e. The van der Waals surface area contributed by atoms with Crippen LogP contribution in [0.3, 0.4) is 0 Å².